The van der Waals surface area contributed by atoms with Gasteiger partial charge in [0.25, 0.3) is 0 Å². The molecule has 132 valence electrons. The number of urea groups is 1. The Morgan fingerprint density at radius 1 is 1.25 bits per heavy atom. The van der Waals surface area contributed by atoms with E-state index in [-0.39, 0.29) is 6.03 Å². The highest BCUT2D eigenvalue weighted by Crippen LogP contribution is 2.25. The van der Waals surface area contributed by atoms with Crippen molar-refractivity contribution in [2.24, 2.45) is 0 Å². The molecule has 0 aliphatic heterocycles. The molecule has 0 fully saturated rings. The monoisotopic (exact) mass is 332 g/mol. The molecule has 0 atom stereocenters. The minimum atomic E-state index is -0.202. The van der Waals surface area contributed by atoms with Gasteiger partial charge >= 0.3 is 6.03 Å². The number of methoxy groups -OCH3 is 1. The Bertz CT molecular complexity index is 570. The van der Waals surface area contributed by atoms with E-state index >= 15 is 0 Å². The lowest BCUT2D eigenvalue weighted by molar-refractivity contribution is 0.146. The number of hydrogen-bond acceptors (Lipinski definition) is 3. The van der Waals surface area contributed by atoms with Crippen LogP contribution in [0.2, 0.25) is 0 Å². The van der Waals surface area contributed by atoms with Gasteiger partial charge in [0.05, 0.1) is 12.3 Å². The molecule has 2 rings (SSSR count). The highest BCUT2D eigenvalue weighted by molar-refractivity contribution is 5.90. The molecule has 5 nitrogen and oxygen atoms in total. The van der Waals surface area contributed by atoms with Crippen molar-refractivity contribution in [1.29, 1.82) is 0 Å². The molecular weight excluding hydrogens is 304 g/mol. The smallest absolute Gasteiger partial charge is 0.319 e. The zero-order valence-electron chi connectivity index (χ0n) is 14.7. The van der Waals surface area contributed by atoms with E-state index < -0.39 is 0 Å². The van der Waals surface area contributed by atoms with Crippen molar-refractivity contribution in [3.05, 3.63) is 35.4 Å². The van der Waals surface area contributed by atoms with E-state index in [1.54, 1.807) is 7.11 Å². The van der Waals surface area contributed by atoms with Crippen LogP contribution >= 0.6 is 0 Å². The second kappa shape index (κ2) is 9.98. The van der Waals surface area contributed by atoms with Crippen LogP contribution in [0.3, 0.4) is 0 Å². The van der Waals surface area contributed by atoms with Crippen LogP contribution in [0.4, 0.5) is 10.5 Å². The predicted molar refractivity (Wildman–Crippen MR) is 96.7 cm³/mol. The van der Waals surface area contributed by atoms with Gasteiger partial charge in [-0.3, -0.25) is 0 Å². The van der Waals surface area contributed by atoms with Crippen LogP contribution in [-0.2, 0) is 4.74 Å². The minimum absolute atomic E-state index is 0.202. The van der Waals surface area contributed by atoms with Gasteiger partial charge in [-0.15, -0.1) is 0 Å². The van der Waals surface area contributed by atoms with Crippen molar-refractivity contribution in [2.45, 2.75) is 39.0 Å². The fourth-order valence-corrected chi connectivity index (χ4v) is 2.72. The van der Waals surface area contributed by atoms with Crippen molar-refractivity contribution >= 4 is 11.7 Å². The molecule has 0 saturated heterocycles. The number of nitrogens with one attached hydrogen (secondary N) is 2. The summed E-state index contributed by atoms with van der Waals surface area (Å²) < 4.78 is 10.7. The Morgan fingerprint density at radius 3 is 2.88 bits per heavy atom. The third-order valence-electron chi connectivity index (χ3n) is 4.05. The highest BCUT2D eigenvalue weighted by atomic mass is 16.5. The van der Waals surface area contributed by atoms with E-state index in [0.29, 0.717) is 31.2 Å². The van der Waals surface area contributed by atoms with Gasteiger partial charge in [0, 0.05) is 13.7 Å². The minimum Gasteiger partial charge on any atom is -0.489 e. The maximum atomic E-state index is 12.1. The average molecular weight is 332 g/mol. The number of allylic oxidation sites excluding steroid dienone is 1. The quantitative estimate of drug-likeness (QED) is 0.558. The standard InChI is InChI=1S/C19H28N2O3/c1-15-8-9-17(18(14-15)24-13-12-23-2)21-19(22)20-11-10-16-6-4-3-5-7-16/h6,8-9,14H,3-5,7,10-13H2,1-2H3,(H2,20,21,22). The number of amides is 2. The number of aryl methyl sites for hydroxylation is 1. The van der Waals surface area contributed by atoms with Crippen LogP contribution in [0.25, 0.3) is 0 Å². The molecule has 0 aromatic heterocycles. The SMILES string of the molecule is COCCOc1cc(C)ccc1NC(=O)NCCC1=CCCCC1. The molecule has 2 amide bonds. The van der Waals surface area contributed by atoms with E-state index in [1.165, 1.54) is 31.3 Å². The molecule has 0 saturated carbocycles. The maximum absolute atomic E-state index is 12.1. The van der Waals surface area contributed by atoms with Crippen LogP contribution < -0.4 is 15.4 Å². The third-order valence-corrected chi connectivity index (χ3v) is 4.05. The van der Waals surface area contributed by atoms with E-state index in [9.17, 15) is 4.79 Å². The van der Waals surface area contributed by atoms with E-state index in [4.69, 9.17) is 9.47 Å². The summed E-state index contributed by atoms with van der Waals surface area (Å²) in [5, 5.41) is 5.78. The normalized spacial score (nSPS) is 14.0. The summed E-state index contributed by atoms with van der Waals surface area (Å²) in [6, 6.07) is 5.52. The summed E-state index contributed by atoms with van der Waals surface area (Å²) in [6.45, 7) is 3.60. The summed E-state index contributed by atoms with van der Waals surface area (Å²) >= 11 is 0. The fourth-order valence-electron chi connectivity index (χ4n) is 2.72. The molecule has 0 bridgehead atoms. The lowest BCUT2D eigenvalue weighted by Gasteiger charge is -2.15. The Morgan fingerprint density at radius 2 is 2.12 bits per heavy atom. The number of ether oxygens (including phenoxy) is 2. The third kappa shape index (κ3) is 6.24. The number of carbonyl (C=O) groups excluding carboxylic acids is 1. The van der Waals surface area contributed by atoms with Crippen molar-refractivity contribution in [2.75, 3.05) is 32.2 Å². The first-order valence-corrected chi connectivity index (χ1v) is 8.64. The largest absolute Gasteiger partial charge is 0.489 e. The summed E-state index contributed by atoms with van der Waals surface area (Å²) in [5.41, 5.74) is 3.21. The van der Waals surface area contributed by atoms with Gasteiger partial charge in [-0.05, 0) is 56.7 Å². The molecule has 24 heavy (non-hydrogen) atoms. The van der Waals surface area contributed by atoms with Crippen molar-refractivity contribution in [3.63, 3.8) is 0 Å². The van der Waals surface area contributed by atoms with Crippen molar-refractivity contribution in [3.8, 4) is 5.75 Å². The molecule has 0 heterocycles. The van der Waals surface area contributed by atoms with Crippen LogP contribution in [0.15, 0.2) is 29.8 Å². The highest BCUT2D eigenvalue weighted by Gasteiger charge is 2.09. The molecule has 0 radical (unpaired) electrons. The maximum Gasteiger partial charge on any atom is 0.319 e. The lowest BCUT2D eigenvalue weighted by Crippen LogP contribution is -2.30. The Hall–Kier alpha value is -2.01. The van der Waals surface area contributed by atoms with Gasteiger partial charge in [-0.25, -0.2) is 4.79 Å². The van der Waals surface area contributed by atoms with Crippen LogP contribution in [0, 0.1) is 6.92 Å². The van der Waals surface area contributed by atoms with Gasteiger partial charge in [0.2, 0.25) is 0 Å². The number of rotatable bonds is 8. The van der Waals surface area contributed by atoms with Gasteiger partial charge in [-0.1, -0.05) is 17.7 Å². The Labute approximate surface area is 144 Å². The second-order valence-corrected chi connectivity index (χ2v) is 6.08. The number of hydrogen-bond donors (Lipinski definition) is 2. The van der Waals surface area contributed by atoms with Gasteiger partial charge < -0.3 is 20.1 Å². The molecule has 0 spiro atoms. The molecule has 2 N–H and O–H groups in total. The first-order chi connectivity index (χ1) is 11.7. The Kier molecular flexibility index (Phi) is 7.62. The molecule has 5 heteroatoms. The topological polar surface area (TPSA) is 59.6 Å². The van der Waals surface area contributed by atoms with Gasteiger partial charge in [-0.2, -0.15) is 0 Å². The van der Waals surface area contributed by atoms with Crippen LogP contribution in [0.5, 0.6) is 5.75 Å². The summed E-state index contributed by atoms with van der Waals surface area (Å²) in [5.74, 6) is 0.664. The molecular formula is C19H28N2O3. The van der Waals surface area contributed by atoms with Crippen LogP contribution in [0.1, 0.15) is 37.7 Å². The summed E-state index contributed by atoms with van der Waals surface area (Å²) in [6.07, 6.45) is 8.13. The second-order valence-electron chi connectivity index (χ2n) is 6.08. The van der Waals surface area contributed by atoms with E-state index in [2.05, 4.69) is 16.7 Å². The van der Waals surface area contributed by atoms with Crippen molar-refractivity contribution in [1.82, 2.24) is 5.32 Å². The van der Waals surface area contributed by atoms with E-state index in [1.807, 2.05) is 25.1 Å². The molecule has 1 aromatic rings. The number of anilines is 1. The Balaban J connectivity index is 1.82. The van der Waals surface area contributed by atoms with Gasteiger partial charge in [0.1, 0.15) is 12.4 Å². The molecule has 1 aliphatic rings. The van der Waals surface area contributed by atoms with Crippen LogP contribution in [-0.4, -0.2) is 32.9 Å². The average Bonchev–Trinajstić information content (AvgIpc) is 2.58. The summed E-state index contributed by atoms with van der Waals surface area (Å²) in [4.78, 5) is 12.1. The molecule has 1 aromatic carbocycles. The zero-order valence-corrected chi connectivity index (χ0v) is 14.7. The first-order valence-electron chi connectivity index (χ1n) is 8.64. The zero-order chi connectivity index (χ0) is 17.2. The number of carbonyl (C=O) groups is 1. The first kappa shape index (κ1) is 18.3. The van der Waals surface area contributed by atoms with Gasteiger partial charge in [0.15, 0.2) is 0 Å². The predicted octanol–water partition coefficient (Wildman–Crippen LogP) is 4.03. The fraction of sp³-hybridized carbons (Fsp3) is 0.526. The molecule has 0 unspecified atom stereocenters. The van der Waals surface area contributed by atoms with Crippen molar-refractivity contribution < 1.29 is 14.3 Å². The van der Waals surface area contributed by atoms with E-state index in [0.717, 1.165) is 12.0 Å². The lowest BCUT2D eigenvalue weighted by atomic mass is 9.97. The molecule has 1 aliphatic carbocycles. The summed E-state index contributed by atoms with van der Waals surface area (Å²) in [7, 11) is 1.63. The number of benzene rings is 1.